The monoisotopic (exact) mass is 252 g/mol. The van der Waals surface area contributed by atoms with Crippen LogP contribution in [0.1, 0.15) is 37.3 Å². The minimum Gasteiger partial charge on any atom is -0.395 e. The van der Waals surface area contributed by atoms with E-state index in [1.807, 2.05) is 24.3 Å². The third kappa shape index (κ3) is 3.55. The molecule has 1 aromatic rings. The molecule has 0 atom stereocenters. The van der Waals surface area contributed by atoms with Crippen LogP contribution in [0.25, 0.3) is 0 Å². The van der Waals surface area contributed by atoms with Gasteiger partial charge in [0.15, 0.2) is 0 Å². The van der Waals surface area contributed by atoms with Gasteiger partial charge in [0.25, 0.3) is 0 Å². The van der Waals surface area contributed by atoms with E-state index in [-0.39, 0.29) is 19.8 Å². The molecule has 0 spiro atoms. The van der Waals surface area contributed by atoms with Gasteiger partial charge < -0.3 is 15.3 Å². The molecule has 0 saturated carbocycles. The first kappa shape index (κ1) is 15.2. The Bertz CT molecular complexity index is 320. The molecule has 0 aliphatic carbocycles. The number of hydrogen-bond donors (Lipinski definition) is 3. The number of benzene rings is 1. The molecule has 0 bridgehead atoms. The normalized spacial score (nSPS) is 11.8. The van der Waals surface area contributed by atoms with Gasteiger partial charge in [-0.05, 0) is 24.0 Å². The van der Waals surface area contributed by atoms with Crippen molar-refractivity contribution in [3.63, 3.8) is 0 Å². The summed E-state index contributed by atoms with van der Waals surface area (Å²) >= 11 is 0. The summed E-state index contributed by atoms with van der Waals surface area (Å²) in [6.07, 6.45) is 4.68. The van der Waals surface area contributed by atoms with Crippen molar-refractivity contribution in [1.29, 1.82) is 0 Å². The minimum atomic E-state index is -0.929. The molecule has 0 fully saturated rings. The summed E-state index contributed by atoms with van der Waals surface area (Å²) in [5, 5.41) is 28.1. The zero-order valence-corrected chi connectivity index (χ0v) is 11.1. The lowest BCUT2D eigenvalue weighted by atomic mass is 9.82. The smallest absolute Gasteiger partial charge is 0.0645 e. The van der Waals surface area contributed by atoms with Crippen LogP contribution in [0.15, 0.2) is 24.3 Å². The Hall–Kier alpha value is -0.900. The maximum absolute atomic E-state index is 9.35. The van der Waals surface area contributed by atoms with Gasteiger partial charge in [-0.15, -0.1) is 0 Å². The summed E-state index contributed by atoms with van der Waals surface area (Å²) in [7, 11) is 0. The van der Waals surface area contributed by atoms with Gasteiger partial charge in [0.05, 0.1) is 25.2 Å². The van der Waals surface area contributed by atoms with Crippen molar-refractivity contribution in [2.45, 2.75) is 38.0 Å². The van der Waals surface area contributed by atoms with E-state index in [9.17, 15) is 15.3 Å². The number of aliphatic hydroxyl groups is 3. The average Bonchev–Trinajstić information content (AvgIpc) is 2.43. The average molecular weight is 252 g/mol. The standard InChI is InChI=1S/C15H24O3/c1-2-3-4-5-13-6-8-14(9-7-13)15(10-16,11-17)12-18/h6-9,16-18H,2-5,10-12H2,1H3. The van der Waals surface area contributed by atoms with E-state index in [1.165, 1.54) is 24.8 Å². The van der Waals surface area contributed by atoms with Crippen molar-refractivity contribution >= 4 is 0 Å². The highest BCUT2D eigenvalue weighted by atomic mass is 16.3. The molecule has 0 radical (unpaired) electrons. The second kappa shape index (κ2) is 7.52. The second-order valence-electron chi connectivity index (χ2n) is 4.91. The molecule has 0 unspecified atom stereocenters. The van der Waals surface area contributed by atoms with Crippen LogP contribution < -0.4 is 0 Å². The lowest BCUT2D eigenvalue weighted by Gasteiger charge is -2.28. The van der Waals surface area contributed by atoms with E-state index in [0.717, 1.165) is 12.0 Å². The summed E-state index contributed by atoms with van der Waals surface area (Å²) in [4.78, 5) is 0. The molecular formula is C15H24O3. The Morgan fingerprint density at radius 3 is 1.89 bits per heavy atom. The van der Waals surface area contributed by atoms with Crippen LogP contribution in [-0.2, 0) is 11.8 Å². The van der Waals surface area contributed by atoms with Crippen LogP contribution in [-0.4, -0.2) is 35.1 Å². The van der Waals surface area contributed by atoms with E-state index < -0.39 is 5.41 Å². The van der Waals surface area contributed by atoms with Gasteiger partial charge >= 0.3 is 0 Å². The van der Waals surface area contributed by atoms with Crippen molar-refractivity contribution in [3.05, 3.63) is 35.4 Å². The fourth-order valence-electron chi connectivity index (χ4n) is 2.03. The number of hydrogen-bond acceptors (Lipinski definition) is 3. The van der Waals surface area contributed by atoms with Gasteiger partial charge in [-0.3, -0.25) is 0 Å². The molecule has 3 heteroatoms. The van der Waals surface area contributed by atoms with Crippen molar-refractivity contribution < 1.29 is 15.3 Å². The Morgan fingerprint density at radius 1 is 0.889 bits per heavy atom. The molecule has 18 heavy (non-hydrogen) atoms. The molecule has 3 nitrogen and oxygen atoms in total. The molecule has 0 heterocycles. The van der Waals surface area contributed by atoms with Crippen LogP contribution in [0, 0.1) is 0 Å². The quantitative estimate of drug-likeness (QED) is 0.616. The number of unbranched alkanes of at least 4 members (excludes halogenated alkanes) is 2. The predicted molar refractivity (Wildman–Crippen MR) is 72.6 cm³/mol. The van der Waals surface area contributed by atoms with Crippen LogP contribution in [0.3, 0.4) is 0 Å². The van der Waals surface area contributed by atoms with Gasteiger partial charge in [0.2, 0.25) is 0 Å². The number of rotatable bonds is 8. The zero-order chi connectivity index (χ0) is 13.4. The minimum absolute atomic E-state index is 0.255. The summed E-state index contributed by atoms with van der Waals surface area (Å²) < 4.78 is 0. The number of aryl methyl sites for hydroxylation is 1. The van der Waals surface area contributed by atoms with Crippen molar-refractivity contribution in [2.75, 3.05) is 19.8 Å². The molecule has 102 valence electrons. The van der Waals surface area contributed by atoms with Gasteiger partial charge in [0.1, 0.15) is 0 Å². The summed E-state index contributed by atoms with van der Waals surface area (Å²) in [5.41, 5.74) is 1.12. The third-order valence-electron chi connectivity index (χ3n) is 3.54. The first-order valence-corrected chi connectivity index (χ1v) is 6.64. The highest BCUT2D eigenvalue weighted by molar-refractivity contribution is 5.30. The maximum atomic E-state index is 9.35. The van der Waals surface area contributed by atoms with Crippen LogP contribution in [0.4, 0.5) is 0 Å². The fraction of sp³-hybridized carbons (Fsp3) is 0.600. The molecule has 1 rings (SSSR count). The Balaban J connectivity index is 2.74. The van der Waals surface area contributed by atoms with Crippen LogP contribution in [0.5, 0.6) is 0 Å². The highest BCUT2D eigenvalue weighted by Crippen LogP contribution is 2.23. The summed E-state index contributed by atoms with van der Waals surface area (Å²) in [5.74, 6) is 0. The van der Waals surface area contributed by atoms with Crippen LogP contribution >= 0.6 is 0 Å². The SMILES string of the molecule is CCCCCc1ccc(C(CO)(CO)CO)cc1. The van der Waals surface area contributed by atoms with Gasteiger partial charge in [0, 0.05) is 0 Å². The predicted octanol–water partition coefficient (Wildman–Crippen LogP) is 1.63. The molecule has 0 amide bonds. The Morgan fingerprint density at radius 2 is 1.44 bits per heavy atom. The lowest BCUT2D eigenvalue weighted by Crippen LogP contribution is -2.38. The largest absolute Gasteiger partial charge is 0.395 e. The Labute approximate surface area is 109 Å². The number of aliphatic hydroxyl groups excluding tert-OH is 3. The molecule has 3 N–H and O–H groups in total. The topological polar surface area (TPSA) is 60.7 Å². The molecule has 0 aliphatic rings. The highest BCUT2D eigenvalue weighted by Gasteiger charge is 2.30. The zero-order valence-electron chi connectivity index (χ0n) is 11.1. The lowest BCUT2D eigenvalue weighted by molar-refractivity contribution is 0.0641. The first-order valence-electron chi connectivity index (χ1n) is 6.64. The summed E-state index contributed by atoms with van der Waals surface area (Å²) in [6, 6.07) is 7.81. The molecule has 0 saturated heterocycles. The van der Waals surface area contributed by atoms with Gasteiger partial charge in [-0.1, -0.05) is 44.0 Å². The molecule has 1 aromatic carbocycles. The fourth-order valence-corrected chi connectivity index (χ4v) is 2.03. The van der Waals surface area contributed by atoms with Crippen molar-refractivity contribution in [3.8, 4) is 0 Å². The van der Waals surface area contributed by atoms with Crippen molar-refractivity contribution in [1.82, 2.24) is 0 Å². The summed E-state index contributed by atoms with van der Waals surface area (Å²) in [6.45, 7) is 1.42. The van der Waals surface area contributed by atoms with E-state index in [2.05, 4.69) is 6.92 Å². The van der Waals surface area contributed by atoms with E-state index >= 15 is 0 Å². The molecule has 0 aromatic heterocycles. The Kier molecular flexibility index (Phi) is 6.33. The van der Waals surface area contributed by atoms with Gasteiger partial charge in [-0.2, -0.15) is 0 Å². The third-order valence-corrected chi connectivity index (χ3v) is 3.54. The van der Waals surface area contributed by atoms with Crippen LogP contribution in [0.2, 0.25) is 0 Å². The second-order valence-corrected chi connectivity index (χ2v) is 4.91. The van der Waals surface area contributed by atoms with Gasteiger partial charge in [-0.25, -0.2) is 0 Å². The molecule has 0 aliphatic heterocycles. The van der Waals surface area contributed by atoms with E-state index in [4.69, 9.17) is 0 Å². The van der Waals surface area contributed by atoms with E-state index in [0.29, 0.717) is 0 Å². The van der Waals surface area contributed by atoms with Crippen molar-refractivity contribution in [2.24, 2.45) is 0 Å². The molecular weight excluding hydrogens is 228 g/mol. The first-order chi connectivity index (χ1) is 8.72. The maximum Gasteiger partial charge on any atom is 0.0645 e. The van der Waals surface area contributed by atoms with E-state index in [1.54, 1.807) is 0 Å².